The highest BCUT2D eigenvalue weighted by Crippen LogP contribution is 2.42. The third kappa shape index (κ3) is 2.41. The summed E-state index contributed by atoms with van der Waals surface area (Å²) in [6.07, 6.45) is 5.30. The fourth-order valence-corrected chi connectivity index (χ4v) is 3.75. The maximum atomic E-state index is 10.7. The Balaban J connectivity index is 1.82. The molecule has 1 heterocycles. The van der Waals surface area contributed by atoms with Gasteiger partial charge >= 0.3 is 0 Å². The van der Waals surface area contributed by atoms with Crippen molar-refractivity contribution in [3.05, 3.63) is 23.2 Å². The number of piperidine rings is 1. The SMILES string of the molecule is Nc1ccc(Cl)cc1N1CCC2(O)CCCCC2C1. The third-order valence-corrected chi connectivity index (χ3v) is 5.00. The standard InChI is InChI=1S/C15H21ClN2O/c16-12-4-5-13(17)14(9-12)18-8-7-15(19)6-2-1-3-11(15)10-18/h4-5,9,11,19H,1-3,6-8,10,17H2. The Morgan fingerprint density at radius 2 is 2.16 bits per heavy atom. The Bertz CT molecular complexity index is 479. The van der Waals surface area contributed by atoms with E-state index in [0.29, 0.717) is 10.9 Å². The van der Waals surface area contributed by atoms with Gasteiger partial charge in [-0.3, -0.25) is 0 Å². The first-order chi connectivity index (χ1) is 9.08. The normalized spacial score (nSPS) is 31.1. The zero-order chi connectivity index (χ0) is 13.5. The monoisotopic (exact) mass is 280 g/mol. The molecule has 1 aliphatic heterocycles. The molecule has 3 nitrogen and oxygen atoms in total. The molecule has 2 atom stereocenters. The molecule has 1 aromatic carbocycles. The van der Waals surface area contributed by atoms with Gasteiger partial charge < -0.3 is 15.7 Å². The van der Waals surface area contributed by atoms with Crippen molar-refractivity contribution in [2.75, 3.05) is 23.7 Å². The van der Waals surface area contributed by atoms with E-state index in [1.807, 2.05) is 18.2 Å². The topological polar surface area (TPSA) is 49.5 Å². The Labute approximate surface area is 119 Å². The van der Waals surface area contributed by atoms with Crippen molar-refractivity contribution in [3.63, 3.8) is 0 Å². The van der Waals surface area contributed by atoms with Gasteiger partial charge in [0.15, 0.2) is 0 Å². The van der Waals surface area contributed by atoms with E-state index in [-0.39, 0.29) is 0 Å². The number of halogens is 1. The van der Waals surface area contributed by atoms with Crippen LogP contribution in [0.1, 0.15) is 32.1 Å². The number of rotatable bonds is 1. The van der Waals surface area contributed by atoms with E-state index in [1.54, 1.807) is 0 Å². The summed E-state index contributed by atoms with van der Waals surface area (Å²) in [6.45, 7) is 1.75. The summed E-state index contributed by atoms with van der Waals surface area (Å²) in [5.41, 5.74) is 7.40. The largest absolute Gasteiger partial charge is 0.397 e. The molecular weight excluding hydrogens is 260 g/mol. The van der Waals surface area contributed by atoms with Gasteiger partial charge in [-0.1, -0.05) is 24.4 Å². The molecular formula is C15H21ClN2O. The predicted octanol–water partition coefficient (Wildman–Crippen LogP) is 3.05. The molecule has 104 valence electrons. The van der Waals surface area contributed by atoms with Crippen LogP contribution in [0.15, 0.2) is 18.2 Å². The number of hydrogen-bond donors (Lipinski definition) is 2. The second-order valence-corrected chi connectivity index (χ2v) is 6.38. The van der Waals surface area contributed by atoms with Crippen LogP contribution in [-0.4, -0.2) is 23.8 Å². The predicted molar refractivity (Wildman–Crippen MR) is 79.6 cm³/mol. The van der Waals surface area contributed by atoms with Crippen LogP contribution in [0.4, 0.5) is 11.4 Å². The number of aliphatic hydroxyl groups is 1. The Morgan fingerprint density at radius 1 is 1.32 bits per heavy atom. The van der Waals surface area contributed by atoms with E-state index in [1.165, 1.54) is 6.42 Å². The lowest BCUT2D eigenvalue weighted by atomic mass is 9.71. The van der Waals surface area contributed by atoms with Crippen LogP contribution in [0.2, 0.25) is 5.02 Å². The number of nitrogen functional groups attached to an aromatic ring is 1. The van der Waals surface area contributed by atoms with Gasteiger partial charge in [0.25, 0.3) is 0 Å². The van der Waals surface area contributed by atoms with Crippen LogP contribution in [0.5, 0.6) is 0 Å². The molecule has 0 bridgehead atoms. The summed E-state index contributed by atoms with van der Waals surface area (Å²) in [5, 5.41) is 11.4. The van der Waals surface area contributed by atoms with E-state index in [0.717, 1.165) is 50.1 Å². The average molecular weight is 281 g/mol. The third-order valence-electron chi connectivity index (χ3n) is 4.76. The fourth-order valence-electron chi connectivity index (χ4n) is 3.58. The number of nitrogens with two attached hydrogens (primary N) is 1. The highest BCUT2D eigenvalue weighted by atomic mass is 35.5. The van der Waals surface area contributed by atoms with Gasteiger partial charge in [0, 0.05) is 24.0 Å². The molecule has 1 saturated carbocycles. The van der Waals surface area contributed by atoms with Crippen LogP contribution in [0.3, 0.4) is 0 Å². The van der Waals surface area contributed by atoms with Crippen molar-refractivity contribution in [1.29, 1.82) is 0 Å². The van der Waals surface area contributed by atoms with Crippen LogP contribution in [0, 0.1) is 5.92 Å². The Hall–Kier alpha value is -0.930. The van der Waals surface area contributed by atoms with Crippen LogP contribution in [0.25, 0.3) is 0 Å². The quantitative estimate of drug-likeness (QED) is 0.778. The minimum Gasteiger partial charge on any atom is -0.397 e. The zero-order valence-corrected chi connectivity index (χ0v) is 11.9. The zero-order valence-electron chi connectivity index (χ0n) is 11.1. The molecule has 2 unspecified atom stereocenters. The summed E-state index contributed by atoms with van der Waals surface area (Å²) >= 11 is 6.07. The van der Waals surface area contributed by atoms with Gasteiger partial charge in [0.2, 0.25) is 0 Å². The summed E-state index contributed by atoms with van der Waals surface area (Å²) in [7, 11) is 0. The van der Waals surface area contributed by atoms with E-state index >= 15 is 0 Å². The molecule has 0 radical (unpaired) electrons. The molecule has 0 spiro atoms. The van der Waals surface area contributed by atoms with Crippen LogP contribution in [-0.2, 0) is 0 Å². The van der Waals surface area contributed by atoms with Gasteiger partial charge in [-0.2, -0.15) is 0 Å². The van der Waals surface area contributed by atoms with Crippen LogP contribution >= 0.6 is 11.6 Å². The van der Waals surface area contributed by atoms with Crippen molar-refractivity contribution in [2.24, 2.45) is 5.92 Å². The van der Waals surface area contributed by atoms with Crippen molar-refractivity contribution in [2.45, 2.75) is 37.7 Å². The minimum absolute atomic E-state index is 0.369. The first-order valence-corrected chi connectivity index (χ1v) is 7.49. The Kier molecular flexibility index (Phi) is 3.35. The number of nitrogens with zero attached hydrogens (tertiary/aromatic N) is 1. The first-order valence-electron chi connectivity index (χ1n) is 7.11. The van der Waals surface area contributed by atoms with Gasteiger partial charge in [-0.05, 0) is 37.5 Å². The minimum atomic E-state index is -0.442. The highest BCUT2D eigenvalue weighted by molar-refractivity contribution is 6.31. The van der Waals surface area contributed by atoms with E-state index in [2.05, 4.69) is 4.90 Å². The second-order valence-electron chi connectivity index (χ2n) is 5.95. The first kappa shape index (κ1) is 13.1. The highest BCUT2D eigenvalue weighted by Gasteiger charge is 2.42. The molecule has 1 aromatic rings. The smallest absolute Gasteiger partial charge is 0.0709 e. The summed E-state index contributed by atoms with van der Waals surface area (Å²) in [4.78, 5) is 2.28. The molecule has 1 saturated heterocycles. The van der Waals surface area contributed by atoms with Crippen molar-refractivity contribution >= 4 is 23.0 Å². The molecule has 2 fully saturated rings. The Morgan fingerprint density at radius 3 is 3.00 bits per heavy atom. The summed E-state index contributed by atoms with van der Waals surface area (Å²) in [5.74, 6) is 0.369. The average Bonchev–Trinajstić information content (AvgIpc) is 2.40. The molecule has 0 amide bonds. The van der Waals surface area contributed by atoms with Crippen molar-refractivity contribution in [3.8, 4) is 0 Å². The van der Waals surface area contributed by atoms with Crippen LogP contribution < -0.4 is 10.6 Å². The van der Waals surface area contributed by atoms with Gasteiger partial charge in [-0.15, -0.1) is 0 Å². The number of benzene rings is 1. The summed E-state index contributed by atoms with van der Waals surface area (Å²) in [6, 6.07) is 5.62. The molecule has 19 heavy (non-hydrogen) atoms. The van der Waals surface area contributed by atoms with Crippen molar-refractivity contribution < 1.29 is 5.11 Å². The van der Waals surface area contributed by atoms with E-state index in [4.69, 9.17) is 17.3 Å². The maximum absolute atomic E-state index is 10.7. The molecule has 3 rings (SSSR count). The maximum Gasteiger partial charge on any atom is 0.0709 e. The lowest BCUT2D eigenvalue weighted by molar-refractivity contribution is -0.0612. The number of anilines is 2. The summed E-state index contributed by atoms with van der Waals surface area (Å²) < 4.78 is 0. The number of fused-ring (bicyclic) bond motifs is 1. The second kappa shape index (κ2) is 4.88. The van der Waals surface area contributed by atoms with Gasteiger partial charge in [0.05, 0.1) is 17.0 Å². The molecule has 0 aromatic heterocycles. The molecule has 3 N–H and O–H groups in total. The molecule has 1 aliphatic carbocycles. The van der Waals surface area contributed by atoms with Crippen molar-refractivity contribution in [1.82, 2.24) is 0 Å². The molecule has 4 heteroatoms. The lowest BCUT2D eigenvalue weighted by Gasteiger charge is -2.48. The van der Waals surface area contributed by atoms with Gasteiger partial charge in [-0.25, -0.2) is 0 Å². The van der Waals surface area contributed by atoms with E-state index < -0.39 is 5.60 Å². The van der Waals surface area contributed by atoms with E-state index in [9.17, 15) is 5.11 Å². The van der Waals surface area contributed by atoms with Gasteiger partial charge in [0.1, 0.15) is 0 Å². The lowest BCUT2D eigenvalue weighted by Crippen LogP contribution is -2.53. The fraction of sp³-hybridized carbons (Fsp3) is 0.600. The molecule has 2 aliphatic rings. The number of hydrogen-bond acceptors (Lipinski definition) is 3.